The second-order valence-electron chi connectivity index (χ2n) is 8.84. The van der Waals surface area contributed by atoms with Crippen LogP contribution in [0.5, 0.6) is 0 Å². The van der Waals surface area contributed by atoms with E-state index in [4.69, 9.17) is 0 Å². The maximum absolute atomic E-state index is 10.5. The van der Waals surface area contributed by atoms with E-state index in [1.165, 1.54) is 0 Å². The van der Waals surface area contributed by atoms with Gasteiger partial charge in [-0.25, -0.2) is 0 Å². The zero-order valence-corrected chi connectivity index (χ0v) is 23.7. The van der Waals surface area contributed by atoms with Gasteiger partial charge in [-0.2, -0.15) is 0 Å². The molecule has 0 N–H and O–H groups in total. The number of aliphatic carboxylic acids is 3. The van der Waals surface area contributed by atoms with Gasteiger partial charge in [-0.3, -0.25) is 0 Å². The summed E-state index contributed by atoms with van der Waals surface area (Å²) in [7, 11) is 0. The van der Waals surface area contributed by atoms with E-state index in [0.29, 0.717) is 0 Å². The van der Waals surface area contributed by atoms with E-state index in [9.17, 15) is 29.7 Å². The third-order valence-corrected chi connectivity index (χ3v) is 5.63. The van der Waals surface area contributed by atoms with Gasteiger partial charge in [-0.1, -0.05) is 99.3 Å². The zero-order valence-electron chi connectivity index (χ0n) is 22.6. The van der Waals surface area contributed by atoms with Gasteiger partial charge < -0.3 is 29.7 Å². The number of carboxylic acids is 3. The zero-order chi connectivity index (χ0) is 26.1. The fourth-order valence-corrected chi connectivity index (χ4v) is 3.54. The largest absolute Gasteiger partial charge is 3.00 e. The molecule has 0 bridgehead atoms. The molecule has 1 radical (unpaired) electrons. The Morgan fingerprint density at radius 1 is 0.441 bits per heavy atom. The van der Waals surface area contributed by atoms with Crippen LogP contribution in [0.25, 0.3) is 0 Å². The molecule has 203 valence electrons. The van der Waals surface area contributed by atoms with Crippen molar-refractivity contribution < 1.29 is 46.8 Å². The molecule has 3 atom stereocenters. The molecule has 0 aromatic heterocycles. The quantitative estimate of drug-likeness (QED) is 0.248. The van der Waals surface area contributed by atoms with Gasteiger partial charge in [-0.05, 0) is 56.3 Å². The van der Waals surface area contributed by atoms with Gasteiger partial charge in [0.15, 0.2) is 0 Å². The molecule has 0 heterocycles. The summed E-state index contributed by atoms with van der Waals surface area (Å²) in [5, 5.41) is 31.5. The first-order chi connectivity index (χ1) is 15.7. The maximum atomic E-state index is 10.5. The third-order valence-electron chi connectivity index (χ3n) is 5.63. The topological polar surface area (TPSA) is 120 Å². The summed E-state index contributed by atoms with van der Waals surface area (Å²) in [4.78, 5) is 31.5. The van der Waals surface area contributed by atoms with Gasteiger partial charge >= 0.3 is 17.1 Å². The van der Waals surface area contributed by atoms with Crippen LogP contribution in [0.3, 0.4) is 0 Å². The molecule has 3 unspecified atom stereocenters. The van der Waals surface area contributed by atoms with Gasteiger partial charge in [0.25, 0.3) is 0 Å². The van der Waals surface area contributed by atoms with E-state index in [1.807, 2.05) is 20.8 Å². The van der Waals surface area contributed by atoms with E-state index in [0.717, 1.165) is 96.3 Å². The molecule has 0 fully saturated rings. The van der Waals surface area contributed by atoms with Crippen LogP contribution in [0.4, 0.5) is 0 Å². The number of hydrogen-bond acceptors (Lipinski definition) is 6. The summed E-state index contributed by atoms with van der Waals surface area (Å²) in [5.41, 5.74) is 0. The molecule has 0 spiro atoms. The Bertz CT molecular complexity index is 403. The van der Waals surface area contributed by atoms with Crippen LogP contribution >= 0.6 is 0 Å². The molecule has 0 aliphatic rings. The van der Waals surface area contributed by atoms with E-state index < -0.39 is 17.9 Å². The van der Waals surface area contributed by atoms with Crippen LogP contribution in [-0.4, -0.2) is 17.9 Å². The van der Waals surface area contributed by atoms with Gasteiger partial charge in [0.1, 0.15) is 0 Å². The van der Waals surface area contributed by atoms with E-state index >= 15 is 0 Å². The Labute approximate surface area is 220 Å². The average molecular weight is 528 g/mol. The van der Waals surface area contributed by atoms with Crippen molar-refractivity contribution in [2.45, 2.75) is 138 Å². The summed E-state index contributed by atoms with van der Waals surface area (Å²) in [6.45, 7) is 12.2. The number of hydrogen-bond donors (Lipinski definition) is 0. The predicted molar refractivity (Wildman–Crippen MR) is 129 cm³/mol. The van der Waals surface area contributed by atoms with Crippen LogP contribution < -0.4 is 15.3 Å². The molecule has 0 aromatic carbocycles. The molecule has 0 aliphatic carbocycles. The normalized spacial score (nSPS) is 12.5. The number of carbonyl (C=O) groups excluding carboxylic acids is 3. The second-order valence-corrected chi connectivity index (χ2v) is 8.84. The Kier molecular flexibility index (Phi) is 35.3. The SMILES string of the molecule is CCCCC(CCC)C(=O)[O-].CCCCC(CCC)C(=O)[O-].CCCCC(CCC)C(=O)[O-].[Fe+3]. The summed E-state index contributed by atoms with van der Waals surface area (Å²) in [6.07, 6.45) is 13.6. The summed E-state index contributed by atoms with van der Waals surface area (Å²) < 4.78 is 0. The van der Waals surface area contributed by atoms with Crippen LogP contribution in [0, 0.1) is 17.8 Å². The third kappa shape index (κ3) is 27.2. The average Bonchev–Trinajstić information content (AvgIpc) is 2.77. The maximum Gasteiger partial charge on any atom is 3.00 e. The van der Waals surface area contributed by atoms with Crippen molar-refractivity contribution in [1.82, 2.24) is 0 Å². The van der Waals surface area contributed by atoms with Crippen molar-refractivity contribution >= 4 is 17.9 Å². The van der Waals surface area contributed by atoms with E-state index in [2.05, 4.69) is 20.8 Å². The molecule has 0 aromatic rings. The van der Waals surface area contributed by atoms with Crippen molar-refractivity contribution in [3.05, 3.63) is 0 Å². The van der Waals surface area contributed by atoms with E-state index in [1.54, 1.807) is 0 Å². The first kappa shape index (κ1) is 40.1. The minimum absolute atomic E-state index is 0. The molecule has 0 amide bonds. The first-order valence-electron chi connectivity index (χ1n) is 13.3. The molecule has 0 saturated carbocycles. The minimum Gasteiger partial charge on any atom is -0.550 e. The number of unbranched alkanes of at least 4 members (excludes halogenated alkanes) is 3. The Hall–Kier alpha value is -1.07. The standard InChI is InChI=1S/3C9H18O2.Fe/c3*1-3-5-7-8(6-4-2)9(10)11;/h3*8H,3-7H2,1-2H3,(H,10,11);/q;;;+3/p-3. The van der Waals surface area contributed by atoms with Gasteiger partial charge in [0, 0.05) is 17.9 Å². The molecular formula is C27H51FeO6. The molecule has 34 heavy (non-hydrogen) atoms. The van der Waals surface area contributed by atoms with Crippen molar-refractivity contribution in [1.29, 1.82) is 0 Å². The first-order valence-corrected chi connectivity index (χ1v) is 13.3. The molecule has 0 saturated heterocycles. The molecule has 6 nitrogen and oxygen atoms in total. The van der Waals surface area contributed by atoms with Crippen molar-refractivity contribution in [3.8, 4) is 0 Å². The summed E-state index contributed by atoms with van der Waals surface area (Å²) in [5.74, 6) is -3.25. The monoisotopic (exact) mass is 527 g/mol. The van der Waals surface area contributed by atoms with Crippen LogP contribution in [0.15, 0.2) is 0 Å². The summed E-state index contributed by atoms with van der Waals surface area (Å²) in [6, 6.07) is 0. The number of carbonyl (C=O) groups is 3. The van der Waals surface area contributed by atoms with Crippen molar-refractivity contribution in [3.63, 3.8) is 0 Å². The molecular weight excluding hydrogens is 476 g/mol. The Morgan fingerprint density at radius 3 is 0.765 bits per heavy atom. The van der Waals surface area contributed by atoms with E-state index in [-0.39, 0.29) is 34.8 Å². The second kappa shape index (κ2) is 30.0. The fourth-order valence-electron chi connectivity index (χ4n) is 3.54. The molecule has 0 rings (SSSR count). The van der Waals surface area contributed by atoms with Gasteiger partial charge in [-0.15, -0.1) is 0 Å². The minimum atomic E-state index is -0.875. The molecule has 0 aliphatic heterocycles. The van der Waals surface area contributed by atoms with Gasteiger partial charge in [0.2, 0.25) is 0 Å². The van der Waals surface area contributed by atoms with Crippen molar-refractivity contribution in [2.75, 3.05) is 0 Å². The summed E-state index contributed by atoms with van der Waals surface area (Å²) >= 11 is 0. The Morgan fingerprint density at radius 2 is 0.647 bits per heavy atom. The van der Waals surface area contributed by atoms with Crippen molar-refractivity contribution in [2.24, 2.45) is 17.8 Å². The fraction of sp³-hybridized carbons (Fsp3) is 0.889. The number of carboxylic acid groups (broad SMARTS) is 3. The van der Waals surface area contributed by atoms with Crippen LogP contribution in [0.2, 0.25) is 0 Å². The molecule has 7 heteroatoms. The van der Waals surface area contributed by atoms with Crippen LogP contribution in [-0.2, 0) is 31.5 Å². The van der Waals surface area contributed by atoms with Gasteiger partial charge in [0.05, 0.1) is 0 Å². The Balaban J connectivity index is -0.000000196. The predicted octanol–water partition coefficient (Wildman–Crippen LogP) is 4.03. The smallest absolute Gasteiger partial charge is 0.550 e. The van der Waals surface area contributed by atoms with Crippen LogP contribution in [0.1, 0.15) is 138 Å². The number of rotatable bonds is 18.